The highest BCUT2D eigenvalue weighted by Crippen LogP contribution is 2.37. The molecule has 1 saturated heterocycles. The first kappa shape index (κ1) is 17.4. The number of aliphatic hydroxyl groups is 1. The molecule has 2 N–H and O–H groups in total. The Morgan fingerprint density at radius 2 is 2.10 bits per heavy atom. The minimum absolute atomic E-state index is 0.0533. The number of rotatable bonds is 7. The highest BCUT2D eigenvalue weighted by atomic mass is 31.2. The minimum Gasteiger partial charge on any atom is -0.391 e. The molecule has 6 nitrogen and oxygen atoms in total. The number of β-amino-alcohol motifs (C(OH)–C–C–N with tert-alkyl or cyclic N) is 1. The molecule has 0 aromatic rings. The van der Waals surface area contributed by atoms with E-state index in [9.17, 15) is 19.6 Å². The summed E-state index contributed by atoms with van der Waals surface area (Å²) in [6.07, 6.45) is 4.19. The van der Waals surface area contributed by atoms with Crippen LogP contribution < -0.4 is 0 Å². The lowest BCUT2D eigenvalue weighted by Crippen LogP contribution is -2.38. The number of Topliss-reactive ketones (excluding diaryl/α,β-unsaturated/α-hetero) is 1. The number of aliphatic hydroxyl groups excluding tert-OH is 1. The maximum Gasteiger partial charge on any atom is 0.223 e. The second-order valence-electron chi connectivity index (χ2n) is 5.33. The second-order valence-corrected chi connectivity index (χ2v) is 7.69. The molecule has 1 aliphatic heterocycles. The molecular formula is C13H24NO5P. The van der Waals surface area contributed by atoms with Crippen molar-refractivity contribution in [2.24, 2.45) is 0 Å². The van der Waals surface area contributed by atoms with Crippen LogP contribution in [0.4, 0.5) is 0 Å². The number of carbonyl (C=O) groups is 2. The van der Waals surface area contributed by atoms with Crippen LogP contribution in [0.15, 0.2) is 0 Å². The first-order chi connectivity index (χ1) is 9.23. The van der Waals surface area contributed by atoms with E-state index in [2.05, 4.69) is 6.30 Å². The van der Waals surface area contributed by atoms with Crippen LogP contribution in [0.2, 0.25) is 0 Å². The van der Waals surface area contributed by atoms with E-state index in [-0.39, 0.29) is 43.7 Å². The summed E-state index contributed by atoms with van der Waals surface area (Å²) >= 11 is 0. The average molecular weight is 305 g/mol. The summed E-state index contributed by atoms with van der Waals surface area (Å²) < 4.78 is 5.27. The lowest BCUT2D eigenvalue weighted by Gasteiger charge is -2.25. The normalized spacial score (nSPS) is 25.5. The zero-order valence-corrected chi connectivity index (χ0v) is 13.0. The van der Waals surface area contributed by atoms with Gasteiger partial charge in [-0.15, -0.1) is 0 Å². The molecule has 116 valence electrons. The molecule has 0 aromatic heterocycles. The molecule has 0 bridgehead atoms. The molecule has 1 rings (SSSR count). The Morgan fingerprint density at radius 3 is 2.65 bits per heavy atom. The van der Waals surface area contributed by atoms with Gasteiger partial charge in [0.25, 0.3) is 0 Å². The number of likely N-dealkylation sites (tertiary alicyclic amines) is 1. The van der Waals surface area contributed by atoms with Gasteiger partial charge in [0.1, 0.15) is 13.1 Å². The predicted octanol–water partition coefficient (Wildman–Crippen LogP) is 0.626. The number of amides is 1. The van der Waals surface area contributed by atoms with Gasteiger partial charge in [-0.2, -0.15) is 0 Å². The van der Waals surface area contributed by atoms with Crippen molar-refractivity contribution in [2.45, 2.75) is 44.8 Å². The van der Waals surface area contributed by atoms with Crippen LogP contribution in [0.3, 0.4) is 0 Å². The van der Waals surface area contributed by atoms with Gasteiger partial charge < -0.3 is 19.4 Å². The summed E-state index contributed by atoms with van der Waals surface area (Å²) in [5.74, 6) is -0.100. The number of hydrogen-bond donors (Lipinski definition) is 2. The molecule has 1 amide bonds. The molecule has 7 heteroatoms. The molecule has 0 saturated carbocycles. The maximum atomic E-state index is 12.1. The van der Waals surface area contributed by atoms with Gasteiger partial charge in [-0.05, 0) is 6.42 Å². The largest absolute Gasteiger partial charge is 0.391 e. The molecule has 3 atom stereocenters. The molecular weight excluding hydrogens is 281 g/mol. The third kappa shape index (κ3) is 5.75. The van der Waals surface area contributed by atoms with Gasteiger partial charge in [0, 0.05) is 32.5 Å². The minimum atomic E-state index is -2.60. The Bertz CT molecular complexity index is 406. The van der Waals surface area contributed by atoms with Crippen LogP contribution in [0.5, 0.6) is 0 Å². The summed E-state index contributed by atoms with van der Waals surface area (Å²) in [5.41, 5.74) is 0. The van der Waals surface area contributed by atoms with Crippen molar-refractivity contribution in [3.8, 4) is 0 Å². The van der Waals surface area contributed by atoms with Gasteiger partial charge >= 0.3 is 0 Å². The molecule has 20 heavy (non-hydrogen) atoms. The smallest absolute Gasteiger partial charge is 0.223 e. The zero-order valence-electron chi connectivity index (χ0n) is 12.1. The Balaban J connectivity index is 2.54. The Kier molecular flexibility index (Phi) is 6.40. The molecule has 3 unspecified atom stereocenters. The molecule has 1 aliphatic rings. The van der Waals surface area contributed by atoms with Crippen molar-refractivity contribution >= 4 is 25.3 Å². The van der Waals surface area contributed by atoms with E-state index < -0.39 is 13.4 Å². The topological polar surface area (TPSA) is 87.1 Å². The van der Waals surface area contributed by atoms with Crippen molar-refractivity contribution in [3.05, 3.63) is 0 Å². The highest BCUT2D eigenvalue weighted by molar-refractivity contribution is 7.62. The summed E-state index contributed by atoms with van der Waals surface area (Å²) in [7, 11) is -2.60. The van der Waals surface area contributed by atoms with Crippen molar-refractivity contribution in [2.75, 3.05) is 19.8 Å². The number of nitrogens with zero attached hydrogens (tertiary/aromatic N) is 1. The number of carbonyl (C=O) groups excluding carboxylic acids is 2. The van der Waals surface area contributed by atoms with Gasteiger partial charge in [-0.3, -0.25) is 9.59 Å². The van der Waals surface area contributed by atoms with Gasteiger partial charge in [0.05, 0.1) is 18.8 Å². The van der Waals surface area contributed by atoms with E-state index >= 15 is 0 Å². The summed E-state index contributed by atoms with van der Waals surface area (Å²) in [4.78, 5) is 34.4. The van der Waals surface area contributed by atoms with E-state index in [1.807, 2.05) is 0 Å². The predicted molar refractivity (Wildman–Crippen MR) is 78.8 cm³/mol. The average Bonchev–Trinajstić information content (AvgIpc) is 2.73. The zero-order chi connectivity index (χ0) is 15.3. The third-order valence-electron chi connectivity index (χ3n) is 3.27. The quantitative estimate of drug-likeness (QED) is 0.674. The first-order valence-electron chi connectivity index (χ1n) is 6.80. The van der Waals surface area contributed by atoms with Crippen LogP contribution in [0.25, 0.3) is 0 Å². The fourth-order valence-corrected chi connectivity index (χ4v) is 2.66. The van der Waals surface area contributed by atoms with Crippen LogP contribution in [-0.4, -0.2) is 64.9 Å². The molecule has 0 aliphatic carbocycles. The number of hydrogen-bond acceptors (Lipinski definition) is 5. The fourth-order valence-electron chi connectivity index (χ4n) is 2.17. The maximum absolute atomic E-state index is 12.1. The van der Waals surface area contributed by atoms with Crippen molar-refractivity contribution in [1.82, 2.24) is 4.90 Å². The Morgan fingerprint density at radius 1 is 1.45 bits per heavy atom. The molecule has 0 radical (unpaired) electrons. The monoisotopic (exact) mass is 305 g/mol. The van der Waals surface area contributed by atoms with E-state index in [4.69, 9.17) is 4.52 Å². The number of ketones is 1. The molecule has 1 fully saturated rings. The molecule has 1 heterocycles. The lowest BCUT2D eigenvalue weighted by molar-refractivity contribution is -0.134. The SMILES string of the molecule is C=P(C)(O)OCC1CC(O)CN1C(=O)CCC(=O)CC. The Labute approximate surface area is 119 Å². The van der Waals surface area contributed by atoms with Crippen molar-refractivity contribution < 1.29 is 24.1 Å². The van der Waals surface area contributed by atoms with Gasteiger partial charge in [0.15, 0.2) is 0 Å². The van der Waals surface area contributed by atoms with Gasteiger partial charge in [-0.25, -0.2) is 0 Å². The summed E-state index contributed by atoms with van der Waals surface area (Å²) in [5, 5.41) is 9.69. The van der Waals surface area contributed by atoms with Crippen LogP contribution >= 0.6 is 7.34 Å². The lowest BCUT2D eigenvalue weighted by atomic mass is 10.1. The summed E-state index contributed by atoms with van der Waals surface area (Å²) in [6.45, 7) is 3.70. The second kappa shape index (κ2) is 7.36. The fraction of sp³-hybridized carbons (Fsp3) is 0.769. The van der Waals surface area contributed by atoms with E-state index in [1.54, 1.807) is 11.8 Å². The summed E-state index contributed by atoms with van der Waals surface area (Å²) in [6, 6.07) is -0.262. The molecule has 0 aromatic carbocycles. The third-order valence-corrected chi connectivity index (χ3v) is 3.98. The first-order valence-corrected chi connectivity index (χ1v) is 9.09. The highest BCUT2D eigenvalue weighted by Gasteiger charge is 2.34. The van der Waals surface area contributed by atoms with Crippen LogP contribution in [-0.2, 0) is 14.1 Å². The van der Waals surface area contributed by atoms with Crippen molar-refractivity contribution in [1.29, 1.82) is 0 Å². The Hall–Kier alpha value is -0.680. The molecule has 0 spiro atoms. The van der Waals surface area contributed by atoms with Crippen LogP contribution in [0, 0.1) is 0 Å². The van der Waals surface area contributed by atoms with E-state index in [1.165, 1.54) is 6.66 Å². The van der Waals surface area contributed by atoms with E-state index in [0.717, 1.165) is 0 Å². The van der Waals surface area contributed by atoms with Gasteiger partial charge in [0.2, 0.25) is 5.91 Å². The van der Waals surface area contributed by atoms with Crippen molar-refractivity contribution in [3.63, 3.8) is 0 Å². The standard InChI is InChI=1S/C13H24NO5P/c1-4-11(15)5-6-13(17)14-8-12(16)7-10(14)9-19-20(2,3)18/h10,12,16,18H,2,4-9H2,1,3H3. The van der Waals surface area contributed by atoms with Crippen LogP contribution in [0.1, 0.15) is 32.6 Å². The van der Waals surface area contributed by atoms with Gasteiger partial charge in [-0.1, -0.05) is 13.2 Å². The van der Waals surface area contributed by atoms with E-state index in [0.29, 0.717) is 12.8 Å².